The number of nitrogens with two attached hydrogens (primary N) is 1. The minimum atomic E-state index is 0.278. The smallest absolute Gasteiger partial charge is 0.0951 e. The summed E-state index contributed by atoms with van der Waals surface area (Å²) in [7, 11) is 2.19. The van der Waals surface area contributed by atoms with Gasteiger partial charge in [0.25, 0.3) is 0 Å². The zero-order valence-electron chi connectivity index (χ0n) is 12.2. The maximum absolute atomic E-state index is 6.03. The number of nitrogens with zero attached hydrogens (tertiary/aromatic N) is 3. The Morgan fingerprint density at radius 1 is 1.58 bits per heavy atom. The van der Waals surface area contributed by atoms with Crippen molar-refractivity contribution in [3.63, 3.8) is 0 Å². The fraction of sp³-hybridized carbons (Fsp3) is 0.786. The van der Waals surface area contributed by atoms with Gasteiger partial charge in [0.1, 0.15) is 0 Å². The summed E-state index contributed by atoms with van der Waals surface area (Å²) in [6.07, 6.45) is 9.89. The molecule has 0 spiro atoms. The van der Waals surface area contributed by atoms with Gasteiger partial charge in [-0.1, -0.05) is 0 Å². The lowest BCUT2D eigenvalue weighted by Crippen LogP contribution is -2.38. The molecule has 1 aromatic rings. The van der Waals surface area contributed by atoms with E-state index in [4.69, 9.17) is 5.73 Å². The Bertz CT molecular complexity index is 389. The molecule has 0 bridgehead atoms. The average Bonchev–Trinajstić information content (AvgIpc) is 3.16. The molecule has 2 N–H and O–H groups in total. The van der Waals surface area contributed by atoms with Gasteiger partial charge < -0.3 is 10.3 Å². The lowest BCUT2D eigenvalue weighted by molar-refractivity contribution is 0.179. The van der Waals surface area contributed by atoms with E-state index in [0.29, 0.717) is 18.6 Å². The summed E-state index contributed by atoms with van der Waals surface area (Å²) in [5.41, 5.74) is 7.31. The summed E-state index contributed by atoms with van der Waals surface area (Å²) < 4.78 is 2.33. The number of aromatic nitrogens is 2. The number of likely N-dealkylation sites (N-methyl/N-ethyl adjacent to an activating group) is 1. The van der Waals surface area contributed by atoms with Crippen molar-refractivity contribution in [3.8, 4) is 0 Å². The highest BCUT2D eigenvalue weighted by atomic mass is 32.2. The first-order valence-corrected chi connectivity index (χ1v) is 8.51. The molecule has 1 aromatic heterocycles. The molecule has 0 aromatic carbocycles. The first kappa shape index (κ1) is 14.9. The van der Waals surface area contributed by atoms with Crippen molar-refractivity contribution in [3.05, 3.63) is 18.2 Å². The van der Waals surface area contributed by atoms with Crippen molar-refractivity contribution in [1.29, 1.82) is 0 Å². The molecule has 0 aliphatic heterocycles. The highest BCUT2D eigenvalue weighted by Crippen LogP contribution is 2.37. The van der Waals surface area contributed by atoms with Crippen LogP contribution in [0.4, 0.5) is 0 Å². The fourth-order valence-corrected chi connectivity index (χ4v) is 3.10. The van der Waals surface area contributed by atoms with Crippen LogP contribution in [-0.4, -0.2) is 46.1 Å². The summed E-state index contributed by atoms with van der Waals surface area (Å²) in [5.74, 6) is 1.20. The molecule has 0 amide bonds. The minimum absolute atomic E-state index is 0.278. The highest BCUT2D eigenvalue weighted by molar-refractivity contribution is 7.98. The zero-order valence-corrected chi connectivity index (χ0v) is 13.1. The molecule has 0 radical (unpaired) electrons. The van der Waals surface area contributed by atoms with Gasteiger partial charge in [0, 0.05) is 24.8 Å². The van der Waals surface area contributed by atoms with Crippen LogP contribution in [0, 0.1) is 0 Å². The van der Waals surface area contributed by atoms with Gasteiger partial charge in [-0.05, 0) is 45.2 Å². The maximum Gasteiger partial charge on any atom is 0.0951 e. The Labute approximate surface area is 120 Å². The van der Waals surface area contributed by atoms with Crippen molar-refractivity contribution in [1.82, 2.24) is 14.5 Å². The van der Waals surface area contributed by atoms with Crippen LogP contribution in [0.5, 0.6) is 0 Å². The lowest BCUT2D eigenvalue weighted by atomic mass is 10.1. The van der Waals surface area contributed by atoms with Gasteiger partial charge in [-0.2, -0.15) is 11.8 Å². The van der Waals surface area contributed by atoms with Gasteiger partial charge in [-0.25, -0.2) is 4.98 Å². The van der Waals surface area contributed by atoms with E-state index in [1.165, 1.54) is 30.7 Å². The van der Waals surface area contributed by atoms with Crippen LogP contribution in [-0.2, 0) is 0 Å². The predicted molar refractivity (Wildman–Crippen MR) is 82.5 cm³/mol. The number of rotatable bonds is 8. The van der Waals surface area contributed by atoms with Crippen LogP contribution < -0.4 is 5.73 Å². The highest BCUT2D eigenvalue weighted by Gasteiger charge is 2.29. The summed E-state index contributed by atoms with van der Waals surface area (Å²) in [4.78, 5) is 6.74. The Kier molecular flexibility index (Phi) is 5.30. The van der Waals surface area contributed by atoms with E-state index in [-0.39, 0.29) is 6.04 Å². The third kappa shape index (κ3) is 3.52. The molecular weight excluding hydrogens is 256 g/mol. The van der Waals surface area contributed by atoms with E-state index in [1.54, 1.807) is 0 Å². The fourth-order valence-electron chi connectivity index (χ4n) is 2.53. The molecule has 19 heavy (non-hydrogen) atoms. The van der Waals surface area contributed by atoms with E-state index >= 15 is 0 Å². The Morgan fingerprint density at radius 2 is 2.32 bits per heavy atom. The van der Waals surface area contributed by atoms with Gasteiger partial charge in [0.2, 0.25) is 0 Å². The summed E-state index contributed by atoms with van der Waals surface area (Å²) in [6.45, 7) is 2.94. The molecule has 108 valence electrons. The van der Waals surface area contributed by atoms with Crippen LogP contribution in [0.3, 0.4) is 0 Å². The van der Waals surface area contributed by atoms with Gasteiger partial charge >= 0.3 is 0 Å². The van der Waals surface area contributed by atoms with Gasteiger partial charge in [-0.3, -0.25) is 4.90 Å². The molecule has 5 heteroatoms. The molecule has 1 aliphatic carbocycles. The SMILES string of the molecule is CSCCC(C)N(C)C(CN)c1cncn1C1CC1. The second kappa shape index (κ2) is 6.77. The van der Waals surface area contributed by atoms with E-state index in [2.05, 4.69) is 34.7 Å². The monoisotopic (exact) mass is 282 g/mol. The molecule has 0 saturated heterocycles. The summed E-state index contributed by atoms with van der Waals surface area (Å²) >= 11 is 1.91. The Morgan fingerprint density at radius 3 is 2.89 bits per heavy atom. The normalized spacial score (nSPS) is 18.8. The third-order valence-electron chi connectivity index (χ3n) is 4.13. The van der Waals surface area contributed by atoms with Crippen LogP contribution >= 0.6 is 11.8 Å². The van der Waals surface area contributed by atoms with Crippen LogP contribution in [0.1, 0.15) is 44.0 Å². The molecule has 2 rings (SSSR count). The zero-order chi connectivity index (χ0) is 13.8. The first-order valence-electron chi connectivity index (χ1n) is 7.11. The van der Waals surface area contributed by atoms with Crippen molar-refractivity contribution in [2.45, 2.75) is 44.3 Å². The van der Waals surface area contributed by atoms with Crippen LogP contribution in [0.25, 0.3) is 0 Å². The maximum atomic E-state index is 6.03. The minimum Gasteiger partial charge on any atom is -0.330 e. The predicted octanol–water partition coefficient (Wildman–Crippen LogP) is 2.29. The first-order chi connectivity index (χ1) is 9.19. The largest absolute Gasteiger partial charge is 0.330 e. The number of hydrogen-bond donors (Lipinski definition) is 1. The van der Waals surface area contributed by atoms with E-state index in [9.17, 15) is 0 Å². The summed E-state index contributed by atoms with van der Waals surface area (Å²) in [6, 6.07) is 1.49. The molecule has 1 heterocycles. The third-order valence-corrected chi connectivity index (χ3v) is 4.77. The Balaban J connectivity index is 2.07. The molecule has 2 atom stereocenters. The Hall–Kier alpha value is -0.520. The van der Waals surface area contributed by atoms with E-state index in [0.717, 1.165) is 0 Å². The van der Waals surface area contributed by atoms with Crippen LogP contribution in [0.15, 0.2) is 12.5 Å². The quantitative estimate of drug-likeness (QED) is 0.795. The van der Waals surface area contributed by atoms with Crippen molar-refractivity contribution in [2.24, 2.45) is 5.73 Å². The molecular formula is C14H26N4S. The van der Waals surface area contributed by atoms with E-state index in [1.807, 2.05) is 24.3 Å². The number of thioether (sulfide) groups is 1. The lowest BCUT2D eigenvalue weighted by Gasteiger charge is -2.33. The van der Waals surface area contributed by atoms with Gasteiger partial charge in [0.15, 0.2) is 0 Å². The molecule has 1 aliphatic rings. The van der Waals surface area contributed by atoms with E-state index < -0.39 is 0 Å². The van der Waals surface area contributed by atoms with Crippen molar-refractivity contribution in [2.75, 3.05) is 25.6 Å². The molecule has 2 unspecified atom stereocenters. The van der Waals surface area contributed by atoms with Gasteiger partial charge in [-0.15, -0.1) is 0 Å². The molecule has 4 nitrogen and oxygen atoms in total. The van der Waals surface area contributed by atoms with Crippen LogP contribution in [0.2, 0.25) is 0 Å². The molecule has 1 fully saturated rings. The van der Waals surface area contributed by atoms with Gasteiger partial charge in [0.05, 0.1) is 18.1 Å². The second-order valence-electron chi connectivity index (χ2n) is 5.50. The standard InChI is InChI=1S/C14H26N4S/c1-11(6-7-19-3)17(2)13(8-15)14-9-16-10-18(14)12-4-5-12/h9-13H,4-8,15H2,1-3H3. The summed E-state index contributed by atoms with van der Waals surface area (Å²) in [5, 5.41) is 0. The molecule has 1 saturated carbocycles. The average molecular weight is 282 g/mol. The number of hydrogen-bond acceptors (Lipinski definition) is 4. The van der Waals surface area contributed by atoms with Crippen molar-refractivity contribution >= 4 is 11.8 Å². The topological polar surface area (TPSA) is 47.1 Å². The number of imidazole rings is 1. The van der Waals surface area contributed by atoms with Crippen molar-refractivity contribution < 1.29 is 0 Å². The second-order valence-corrected chi connectivity index (χ2v) is 6.49.